The van der Waals surface area contributed by atoms with Crippen LogP contribution in [0.15, 0.2) is 42.7 Å². The highest BCUT2D eigenvalue weighted by Gasteiger charge is 2.15. The van der Waals surface area contributed by atoms with Gasteiger partial charge in [0.2, 0.25) is 0 Å². The largest absolute Gasteiger partial charge is 0.364 e. The van der Waals surface area contributed by atoms with Gasteiger partial charge in [0, 0.05) is 36.0 Å². The third-order valence-electron chi connectivity index (χ3n) is 3.54. The van der Waals surface area contributed by atoms with Gasteiger partial charge in [-0.2, -0.15) is 0 Å². The summed E-state index contributed by atoms with van der Waals surface area (Å²) in [6.07, 6.45) is 8.98. The lowest BCUT2D eigenvalue weighted by molar-refractivity contribution is 0.0993. The van der Waals surface area contributed by atoms with E-state index in [-0.39, 0.29) is 0 Å². The Bertz CT molecular complexity index is 886. The molecule has 3 rings (SSSR count). The number of hydrogen-bond donors (Lipinski definition) is 1. The fourth-order valence-corrected chi connectivity index (χ4v) is 2.58. The zero-order chi connectivity index (χ0) is 15.0. The quantitative estimate of drug-likeness (QED) is 0.730. The minimum Gasteiger partial charge on any atom is -0.364 e. The van der Waals surface area contributed by atoms with Crippen molar-refractivity contribution in [1.82, 2.24) is 9.55 Å². The first-order valence-corrected chi connectivity index (χ1v) is 6.42. The SMILES string of the molecule is C#Cc1cc(-c2ccncc2)c2c(c1)cc(C(N)=O)n2C. The molecule has 0 radical (unpaired) electrons. The van der Waals surface area contributed by atoms with E-state index in [0.29, 0.717) is 5.69 Å². The first kappa shape index (κ1) is 12.9. The van der Waals surface area contributed by atoms with Crippen LogP contribution in [0.2, 0.25) is 0 Å². The monoisotopic (exact) mass is 275 g/mol. The maximum absolute atomic E-state index is 11.5. The summed E-state index contributed by atoms with van der Waals surface area (Å²) in [5, 5.41) is 0.897. The van der Waals surface area contributed by atoms with E-state index in [9.17, 15) is 4.79 Å². The van der Waals surface area contributed by atoms with Crippen LogP contribution in [0, 0.1) is 12.3 Å². The van der Waals surface area contributed by atoms with Crippen LogP contribution in [0.4, 0.5) is 0 Å². The highest BCUT2D eigenvalue weighted by molar-refractivity contribution is 6.03. The summed E-state index contributed by atoms with van der Waals surface area (Å²) in [5.74, 6) is 2.18. The van der Waals surface area contributed by atoms with Gasteiger partial charge in [-0.15, -0.1) is 6.42 Å². The first-order valence-electron chi connectivity index (χ1n) is 6.42. The summed E-state index contributed by atoms with van der Waals surface area (Å²) >= 11 is 0. The van der Waals surface area contributed by atoms with Crippen molar-refractivity contribution in [2.75, 3.05) is 0 Å². The molecule has 0 bridgehead atoms. The van der Waals surface area contributed by atoms with Gasteiger partial charge < -0.3 is 10.3 Å². The fourth-order valence-electron chi connectivity index (χ4n) is 2.58. The summed E-state index contributed by atoms with van der Waals surface area (Å²) < 4.78 is 1.80. The molecular formula is C17H13N3O. The minimum absolute atomic E-state index is 0.453. The first-order chi connectivity index (χ1) is 10.1. The molecule has 2 N–H and O–H groups in total. The predicted octanol–water partition coefficient (Wildman–Crippen LogP) is 2.32. The summed E-state index contributed by atoms with van der Waals surface area (Å²) in [4.78, 5) is 15.6. The second-order valence-corrected chi connectivity index (χ2v) is 4.79. The van der Waals surface area contributed by atoms with E-state index in [1.54, 1.807) is 23.0 Å². The Morgan fingerprint density at radius 2 is 2.00 bits per heavy atom. The van der Waals surface area contributed by atoms with Crippen molar-refractivity contribution in [3.05, 3.63) is 54.0 Å². The molecule has 0 unspecified atom stereocenters. The van der Waals surface area contributed by atoms with E-state index in [0.717, 1.165) is 27.6 Å². The van der Waals surface area contributed by atoms with Gasteiger partial charge >= 0.3 is 0 Å². The normalized spacial score (nSPS) is 10.5. The Kier molecular flexibility index (Phi) is 2.96. The molecule has 3 aromatic rings. The molecule has 0 aliphatic carbocycles. The number of nitrogens with two attached hydrogens (primary N) is 1. The number of aryl methyl sites for hydroxylation is 1. The lowest BCUT2D eigenvalue weighted by atomic mass is 10.0. The van der Waals surface area contributed by atoms with Gasteiger partial charge in [0.15, 0.2) is 0 Å². The van der Waals surface area contributed by atoms with Gasteiger partial charge in [0.1, 0.15) is 5.69 Å². The number of hydrogen-bond acceptors (Lipinski definition) is 2. The number of carbonyl (C=O) groups is 1. The van der Waals surface area contributed by atoms with Gasteiger partial charge in [-0.05, 0) is 35.9 Å². The second-order valence-electron chi connectivity index (χ2n) is 4.79. The summed E-state index contributed by atoms with van der Waals surface area (Å²) in [6, 6.07) is 9.40. The van der Waals surface area contributed by atoms with Crippen LogP contribution in [0.1, 0.15) is 16.1 Å². The number of benzene rings is 1. The Hall–Kier alpha value is -3.06. The molecule has 0 saturated carbocycles. The van der Waals surface area contributed by atoms with E-state index in [4.69, 9.17) is 12.2 Å². The van der Waals surface area contributed by atoms with Crippen molar-refractivity contribution in [3.8, 4) is 23.5 Å². The molecule has 0 aliphatic rings. The molecule has 0 atom stereocenters. The van der Waals surface area contributed by atoms with Gasteiger partial charge in [-0.1, -0.05) is 5.92 Å². The number of amides is 1. The summed E-state index contributed by atoms with van der Waals surface area (Å²) in [5.41, 5.74) is 9.51. The maximum Gasteiger partial charge on any atom is 0.265 e. The third-order valence-corrected chi connectivity index (χ3v) is 3.54. The van der Waals surface area contributed by atoms with Crippen molar-refractivity contribution in [3.63, 3.8) is 0 Å². The lowest BCUT2D eigenvalue weighted by Gasteiger charge is -2.08. The third kappa shape index (κ3) is 2.05. The molecule has 0 fully saturated rings. The van der Waals surface area contributed by atoms with E-state index >= 15 is 0 Å². The Morgan fingerprint density at radius 3 is 2.62 bits per heavy atom. The zero-order valence-corrected chi connectivity index (χ0v) is 11.5. The number of fused-ring (bicyclic) bond motifs is 1. The smallest absolute Gasteiger partial charge is 0.265 e. The van der Waals surface area contributed by atoms with Crippen LogP contribution in [0.5, 0.6) is 0 Å². The zero-order valence-electron chi connectivity index (χ0n) is 11.5. The van der Waals surface area contributed by atoms with Crippen LogP contribution in [0.3, 0.4) is 0 Å². The standard InChI is InChI=1S/C17H13N3O/c1-3-11-8-13-10-15(17(18)21)20(2)16(13)14(9-11)12-4-6-19-7-5-12/h1,4-10H,2H3,(H2,18,21). The van der Waals surface area contributed by atoms with Gasteiger partial charge in [-0.25, -0.2) is 0 Å². The molecule has 4 heteroatoms. The molecule has 1 amide bonds. The van der Waals surface area contributed by atoms with E-state index < -0.39 is 5.91 Å². The highest BCUT2D eigenvalue weighted by atomic mass is 16.1. The molecule has 0 aliphatic heterocycles. The molecule has 2 heterocycles. The summed E-state index contributed by atoms with van der Waals surface area (Å²) in [7, 11) is 1.82. The summed E-state index contributed by atoms with van der Waals surface area (Å²) in [6.45, 7) is 0. The van der Waals surface area contributed by atoms with Gasteiger partial charge in [-0.3, -0.25) is 9.78 Å². The molecule has 2 aromatic heterocycles. The molecule has 0 saturated heterocycles. The predicted molar refractivity (Wildman–Crippen MR) is 82.6 cm³/mol. The Balaban J connectivity index is 2.42. The Morgan fingerprint density at radius 1 is 1.29 bits per heavy atom. The van der Waals surface area contributed by atoms with E-state index in [2.05, 4.69) is 10.9 Å². The molecule has 102 valence electrons. The number of primary amides is 1. The van der Waals surface area contributed by atoms with Crippen molar-refractivity contribution in [2.45, 2.75) is 0 Å². The van der Waals surface area contributed by atoms with Crippen LogP contribution in [-0.4, -0.2) is 15.5 Å². The highest BCUT2D eigenvalue weighted by Crippen LogP contribution is 2.31. The fraction of sp³-hybridized carbons (Fsp3) is 0.0588. The number of aromatic nitrogens is 2. The number of pyridine rings is 1. The average Bonchev–Trinajstić information content (AvgIpc) is 2.84. The number of nitrogens with zero attached hydrogens (tertiary/aromatic N) is 2. The lowest BCUT2D eigenvalue weighted by Crippen LogP contribution is -2.14. The van der Waals surface area contributed by atoms with Crippen LogP contribution >= 0.6 is 0 Å². The van der Waals surface area contributed by atoms with Crippen molar-refractivity contribution in [1.29, 1.82) is 0 Å². The van der Waals surface area contributed by atoms with Crippen LogP contribution in [-0.2, 0) is 7.05 Å². The minimum atomic E-state index is -0.461. The topological polar surface area (TPSA) is 60.9 Å². The number of carbonyl (C=O) groups excluding carboxylic acids is 1. The van der Waals surface area contributed by atoms with Crippen molar-refractivity contribution >= 4 is 16.8 Å². The number of terminal acetylenes is 1. The van der Waals surface area contributed by atoms with Gasteiger partial charge in [0.05, 0.1) is 5.52 Å². The van der Waals surface area contributed by atoms with E-state index in [1.807, 2.05) is 31.3 Å². The molecule has 21 heavy (non-hydrogen) atoms. The number of rotatable bonds is 2. The second kappa shape index (κ2) is 4.80. The molecule has 0 spiro atoms. The van der Waals surface area contributed by atoms with Crippen molar-refractivity contribution in [2.24, 2.45) is 12.8 Å². The van der Waals surface area contributed by atoms with E-state index in [1.165, 1.54) is 0 Å². The Labute approximate surface area is 122 Å². The molecular weight excluding hydrogens is 262 g/mol. The molecule has 1 aromatic carbocycles. The maximum atomic E-state index is 11.5. The average molecular weight is 275 g/mol. The van der Waals surface area contributed by atoms with Crippen molar-refractivity contribution < 1.29 is 4.79 Å². The van der Waals surface area contributed by atoms with Crippen LogP contribution < -0.4 is 5.73 Å². The van der Waals surface area contributed by atoms with Gasteiger partial charge in [0.25, 0.3) is 5.91 Å². The molecule has 4 nitrogen and oxygen atoms in total. The van der Waals surface area contributed by atoms with Crippen LogP contribution in [0.25, 0.3) is 22.0 Å².